The van der Waals surface area contributed by atoms with Crippen LogP contribution in [0.4, 0.5) is 0 Å². The van der Waals surface area contributed by atoms with Crippen LogP contribution in [-0.2, 0) is 6.54 Å². The summed E-state index contributed by atoms with van der Waals surface area (Å²) in [5.74, 6) is 0.948. The van der Waals surface area contributed by atoms with Crippen molar-refractivity contribution in [2.75, 3.05) is 6.54 Å². The van der Waals surface area contributed by atoms with Crippen LogP contribution in [0.25, 0.3) is 0 Å². The number of amides is 1. The molecule has 0 radical (unpaired) electrons. The molecule has 2 aliphatic rings. The van der Waals surface area contributed by atoms with Gasteiger partial charge in [-0.2, -0.15) is 5.10 Å². The Hall–Kier alpha value is -2.10. The summed E-state index contributed by atoms with van der Waals surface area (Å²) >= 11 is 0. The van der Waals surface area contributed by atoms with Crippen LogP contribution >= 0.6 is 0 Å². The molecule has 2 aromatic rings. The van der Waals surface area contributed by atoms with Crippen molar-refractivity contribution < 1.29 is 4.79 Å². The van der Waals surface area contributed by atoms with Crippen molar-refractivity contribution in [3.8, 4) is 0 Å². The number of hydrogen-bond acceptors (Lipinski definition) is 2. The number of piperidine rings is 1. The fourth-order valence-electron chi connectivity index (χ4n) is 4.10. The molecule has 1 saturated heterocycles. The summed E-state index contributed by atoms with van der Waals surface area (Å²) in [6, 6.07) is 10.6. The molecule has 2 fully saturated rings. The Morgan fingerprint density at radius 2 is 2.00 bits per heavy atom. The zero-order valence-electron chi connectivity index (χ0n) is 13.8. The smallest absolute Gasteiger partial charge is 0.254 e. The van der Waals surface area contributed by atoms with Crippen molar-refractivity contribution in [3.63, 3.8) is 0 Å². The maximum absolute atomic E-state index is 12.7. The number of fused-ring (bicyclic) bond motifs is 2. The monoisotopic (exact) mass is 309 g/mol. The Morgan fingerprint density at radius 3 is 2.57 bits per heavy atom. The zero-order chi connectivity index (χ0) is 16.0. The first-order valence-corrected chi connectivity index (χ1v) is 8.51. The summed E-state index contributed by atoms with van der Waals surface area (Å²) < 4.78 is 2.01. The van der Waals surface area contributed by atoms with Crippen molar-refractivity contribution in [1.29, 1.82) is 0 Å². The summed E-state index contributed by atoms with van der Waals surface area (Å²) in [6.45, 7) is 5.79. The van der Waals surface area contributed by atoms with Crippen molar-refractivity contribution in [3.05, 3.63) is 52.8 Å². The third-order valence-corrected chi connectivity index (χ3v) is 5.31. The summed E-state index contributed by atoms with van der Waals surface area (Å²) in [4.78, 5) is 14.8. The number of nitrogens with zero attached hydrogens (tertiary/aromatic N) is 3. The van der Waals surface area contributed by atoms with Gasteiger partial charge in [-0.25, -0.2) is 0 Å². The Kier molecular flexibility index (Phi) is 3.47. The maximum Gasteiger partial charge on any atom is 0.254 e. The molecule has 1 aromatic carbocycles. The van der Waals surface area contributed by atoms with Gasteiger partial charge in [-0.15, -0.1) is 0 Å². The fourth-order valence-corrected chi connectivity index (χ4v) is 4.10. The molecule has 1 amide bonds. The molecule has 2 atom stereocenters. The molecule has 1 aliphatic carbocycles. The van der Waals surface area contributed by atoms with Gasteiger partial charge in [0.25, 0.3) is 5.91 Å². The lowest BCUT2D eigenvalue weighted by molar-refractivity contribution is 0.0703. The van der Waals surface area contributed by atoms with Crippen molar-refractivity contribution >= 4 is 5.91 Å². The number of likely N-dealkylation sites (tertiary alicyclic amines) is 1. The molecule has 2 heterocycles. The predicted octanol–water partition coefficient (Wildman–Crippen LogP) is 3.17. The summed E-state index contributed by atoms with van der Waals surface area (Å²) in [6.07, 6.45) is 3.70. The fraction of sp³-hybridized carbons (Fsp3) is 0.474. The molecule has 1 aliphatic heterocycles. The zero-order valence-corrected chi connectivity index (χ0v) is 13.8. The lowest BCUT2D eigenvalue weighted by atomic mass is 10.1. The number of aromatic nitrogens is 2. The second-order valence-corrected chi connectivity index (χ2v) is 7.07. The van der Waals surface area contributed by atoms with Crippen LogP contribution in [0.2, 0.25) is 0 Å². The van der Waals surface area contributed by atoms with E-state index in [2.05, 4.69) is 35.1 Å². The highest BCUT2D eigenvalue weighted by molar-refractivity contribution is 5.94. The minimum atomic E-state index is 0.204. The van der Waals surface area contributed by atoms with Gasteiger partial charge in [-0.3, -0.25) is 9.48 Å². The van der Waals surface area contributed by atoms with Crippen LogP contribution in [0.3, 0.4) is 0 Å². The summed E-state index contributed by atoms with van der Waals surface area (Å²) in [5.41, 5.74) is 4.19. The molecule has 0 spiro atoms. The third-order valence-electron chi connectivity index (χ3n) is 5.31. The highest BCUT2D eigenvalue weighted by atomic mass is 16.2. The van der Waals surface area contributed by atoms with Crippen LogP contribution in [-0.4, -0.2) is 33.2 Å². The quantitative estimate of drug-likeness (QED) is 0.873. The molecule has 1 aromatic heterocycles. The number of rotatable bonds is 3. The second kappa shape index (κ2) is 5.52. The van der Waals surface area contributed by atoms with Gasteiger partial charge in [0, 0.05) is 23.8 Å². The van der Waals surface area contributed by atoms with E-state index in [-0.39, 0.29) is 5.91 Å². The molecule has 4 nitrogen and oxygen atoms in total. The largest absolute Gasteiger partial charge is 0.335 e. The molecule has 1 saturated carbocycles. The van der Waals surface area contributed by atoms with Gasteiger partial charge >= 0.3 is 0 Å². The lowest BCUT2D eigenvalue weighted by Gasteiger charge is -2.27. The second-order valence-electron chi connectivity index (χ2n) is 7.07. The standard InChI is InChI=1S/C19H23N3O/c1-13-9-14(2)22(20-13)12-15-3-6-17(7-4-15)19(23)21-11-16-5-8-18(21)10-16/h3-4,6-7,9,16,18H,5,8,10-12H2,1-2H3. The van der Waals surface area contributed by atoms with Crippen molar-refractivity contribution in [2.24, 2.45) is 5.92 Å². The number of benzene rings is 1. The highest BCUT2D eigenvalue weighted by Crippen LogP contribution is 2.38. The van der Waals surface area contributed by atoms with E-state index in [1.54, 1.807) is 0 Å². The van der Waals surface area contributed by atoms with Crippen molar-refractivity contribution in [1.82, 2.24) is 14.7 Å². The van der Waals surface area contributed by atoms with E-state index >= 15 is 0 Å². The van der Waals surface area contributed by atoms with Crippen LogP contribution < -0.4 is 0 Å². The Morgan fingerprint density at radius 1 is 1.22 bits per heavy atom. The molecule has 23 heavy (non-hydrogen) atoms. The average Bonchev–Trinajstić information content (AvgIpc) is 3.24. The minimum absolute atomic E-state index is 0.204. The summed E-state index contributed by atoms with van der Waals surface area (Å²) in [5, 5.41) is 4.49. The SMILES string of the molecule is Cc1cc(C)n(Cc2ccc(C(=O)N3CC4CCC3C4)cc2)n1. The number of carbonyl (C=O) groups excluding carboxylic acids is 1. The molecule has 0 N–H and O–H groups in total. The molecular weight excluding hydrogens is 286 g/mol. The van der Waals surface area contributed by atoms with Crippen LogP contribution in [0.15, 0.2) is 30.3 Å². The predicted molar refractivity (Wildman–Crippen MR) is 89.4 cm³/mol. The first kappa shape index (κ1) is 14.5. The van der Waals surface area contributed by atoms with Crippen molar-refractivity contribution in [2.45, 2.75) is 45.7 Å². The van der Waals surface area contributed by atoms with E-state index in [0.717, 1.165) is 36.0 Å². The van der Waals surface area contributed by atoms with E-state index in [4.69, 9.17) is 0 Å². The maximum atomic E-state index is 12.7. The lowest BCUT2D eigenvalue weighted by Crippen LogP contribution is -2.37. The molecular formula is C19H23N3O. The van der Waals surface area contributed by atoms with Crippen LogP contribution in [0, 0.1) is 19.8 Å². The molecule has 2 unspecified atom stereocenters. The van der Waals surface area contributed by atoms with E-state index < -0.39 is 0 Å². The van der Waals surface area contributed by atoms with E-state index in [9.17, 15) is 4.79 Å². The summed E-state index contributed by atoms with van der Waals surface area (Å²) in [7, 11) is 0. The van der Waals surface area contributed by atoms with Crippen LogP contribution in [0.1, 0.15) is 46.6 Å². The van der Waals surface area contributed by atoms with Gasteiger partial charge in [0.1, 0.15) is 0 Å². The Bertz CT molecular complexity index is 732. The van der Waals surface area contributed by atoms with Gasteiger partial charge in [0.15, 0.2) is 0 Å². The Labute approximate surface area is 137 Å². The Balaban J connectivity index is 1.47. The van der Waals surface area contributed by atoms with E-state index in [0.29, 0.717) is 6.04 Å². The highest BCUT2D eigenvalue weighted by Gasteiger charge is 2.40. The van der Waals surface area contributed by atoms with Gasteiger partial charge in [0.05, 0.1) is 12.2 Å². The topological polar surface area (TPSA) is 38.1 Å². The molecule has 4 rings (SSSR count). The first-order valence-electron chi connectivity index (χ1n) is 8.51. The normalized spacial score (nSPS) is 22.8. The van der Waals surface area contributed by atoms with E-state index in [1.807, 2.05) is 23.7 Å². The first-order chi connectivity index (χ1) is 11.1. The molecule has 4 heteroatoms. The average molecular weight is 309 g/mol. The number of hydrogen-bond donors (Lipinski definition) is 0. The minimum Gasteiger partial charge on any atom is -0.335 e. The van der Waals surface area contributed by atoms with Gasteiger partial charge in [-0.05, 0) is 62.8 Å². The molecule has 120 valence electrons. The van der Waals surface area contributed by atoms with Gasteiger partial charge in [-0.1, -0.05) is 12.1 Å². The number of carbonyl (C=O) groups is 1. The third kappa shape index (κ3) is 2.67. The van der Waals surface area contributed by atoms with E-state index in [1.165, 1.54) is 24.8 Å². The van der Waals surface area contributed by atoms with Gasteiger partial charge < -0.3 is 4.90 Å². The van der Waals surface area contributed by atoms with Gasteiger partial charge in [0.2, 0.25) is 0 Å². The molecule has 2 bridgehead atoms. The number of aryl methyl sites for hydroxylation is 2. The van der Waals surface area contributed by atoms with Crippen LogP contribution in [0.5, 0.6) is 0 Å².